The van der Waals surface area contributed by atoms with Crippen molar-refractivity contribution in [2.75, 3.05) is 13.2 Å². The van der Waals surface area contributed by atoms with Crippen LogP contribution in [0.4, 0.5) is 0 Å². The number of allylic oxidation sites excluding steroid dienone is 1. The van der Waals surface area contributed by atoms with E-state index in [9.17, 15) is 0 Å². The van der Waals surface area contributed by atoms with Gasteiger partial charge in [0.1, 0.15) is 5.75 Å². The van der Waals surface area contributed by atoms with Gasteiger partial charge < -0.3 is 4.74 Å². The standard InChI is InChI=1S/C21H22ClNO/c1-15(2)14-24-18-8-9-19-17(13-18)11-12-23-21(19)10-7-16-5-3-4-6-20(16)22/h3-10,13,15H,11-12,14H2,1-2H3/b10-7+. The summed E-state index contributed by atoms with van der Waals surface area (Å²) < 4.78 is 5.84. The minimum Gasteiger partial charge on any atom is -0.493 e. The molecule has 2 aromatic rings. The van der Waals surface area contributed by atoms with Crippen molar-refractivity contribution < 1.29 is 4.74 Å². The number of rotatable bonds is 5. The molecule has 124 valence electrons. The van der Waals surface area contributed by atoms with Crippen LogP contribution < -0.4 is 4.74 Å². The number of aliphatic imine (C=N–C) groups is 1. The number of hydrogen-bond donors (Lipinski definition) is 0. The van der Waals surface area contributed by atoms with E-state index >= 15 is 0 Å². The summed E-state index contributed by atoms with van der Waals surface area (Å²) in [6, 6.07) is 14.1. The first-order valence-electron chi connectivity index (χ1n) is 8.36. The van der Waals surface area contributed by atoms with E-state index in [1.807, 2.05) is 42.5 Å². The molecule has 0 fully saturated rings. The second-order valence-corrected chi connectivity index (χ2v) is 6.80. The van der Waals surface area contributed by atoms with Crippen LogP contribution >= 0.6 is 11.6 Å². The molecule has 0 saturated carbocycles. The van der Waals surface area contributed by atoms with Crippen molar-refractivity contribution in [1.29, 1.82) is 0 Å². The van der Waals surface area contributed by atoms with Gasteiger partial charge in [-0.1, -0.05) is 49.7 Å². The summed E-state index contributed by atoms with van der Waals surface area (Å²) in [7, 11) is 0. The Hall–Kier alpha value is -2.06. The number of fused-ring (bicyclic) bond motifs is 1. The van der Waals surface area contributed by atoms with E-state index in [1.54, 1.807) is 0 Å². The van der Waals surface area contributed by atoms with Crippen LogP contribution in [-0.2, 0) is 6.42 Å². The SMILES string of the molecule is CC(C)COc1ccc2c(c1)CCN=C2/C=C/c1ccccc1Cl. The van der Waals surface area contributed by atoms with Crippen LogP contribution in [0.3, 0.4) is 0 Å². The van der Waals surface area contributed by atoms with E-state index in [0.717, 1.165) is 41.6 Å². The van der Waals surface area contributed by atoms with Crippen LogP contribution in [0.15, 0.2) is 53.5 Å². The summed E-state index contributed by atoms with van der Waals surface area (Å²) in [5, 5.41) is 0.753. The van der Waals surface area contributed by atoms with Gasteiger partial charge in [-0.2, -0.15) is 0 Å². The van der Waals surface area contributed by atoms with Gasteiger partial charge >= 0.3 is 0 Å². The molecule has 24 heavy (non-hydrogen) atoms. The summed E-state index contributed by atoms with van der Waals surface area (Å²) in [6.45, 7) is 5.86. The first-order chi connectivity index (χ1) is 11.6. The quantitative estimate of drug-likeness (QED) is 0.711. The van der Waals surface area contributed by atoms with Gasteiger partial charge in [0.05, 0.1) is 12.3 Å². The Morgan fingerprint density at radius 3 is 2.79 bits per heavy atom. The molecule has 0 unspecified atom stereocenters. The predicted octanol–water partition coefficient (Wildman–Crippen LogP) is 5.43. The smallest absolute Gasteiger partial charge is 0.119 e. The van der Waals surface area contributed by atoms with Crippen molar-refractivity contribution in [1.82, 2.24) is 0 Å². The Bertz CT molecular complexity index is 777. The topological polar surface area (TPSA) is 21.6 Å². The lowest BCUT2D eigenvalue weighted by molar-refractivity contribution is 0.271. The monoisotopic (exact) mass is 339 g/mol. The molecule has 1 aliphatic rings. The Morgan fingerprint density at radius 2 is 2.00 bits per heavy atom. The number of nitrogens with zero attached hydrogens (tertiary/aromatic N) is 1. The van der Waals surface area contributed by atoms with Gasteiger partial charge in [-0.15, -0.1) is 0 Å². The van der Waals surface area contributed by atoms with E-state index in [2.05, 4.69) is 31.0 Å². The van der Waals surface area contributed by atoms with E-state index in [1.165, 1.54) is 11.1 Å². The molecular weight excluding hydrogens is 318 g/mol. The fourth-order valence-corrected chi connectivity index (χ4v) is 2.88. The zero-order valence-electron chi connectivity index (χ0n) is 14.1. The molecule has 1 heterocycles. The fraction of sp³-hybridized carbons (Fsp3) is 0.286. The lowest BCUT2D eigenvalue weighted by Gasteiger charge is -2.17. The van der Waals surface area contributed by atoms with Gasteiger partial charge in [0.25, 0.3) is 0 Å². The molecule has 0 radical (unpaired) electrons. The van der Waals surface area contributed by atoms with Crippen LogP contribution in [0.1, 0.15) is 30.5 Å². The summed E-state index contributed by atoms with van der Waals surface area (Å²) >= 11 is 6.22. The average molecular weight is 340 g/mol. The van der Waals surface area contributed by atoms with Crippen LogP contribution in [0.25, 0.3) is 6.08 Å². The zero-order valence-corrected chi connectivity index (χ0v) is 14.9. The molecule has 0 N–H and O–H groups in total. The maximum Gasteiger partial charge on any atom is 0.119 e. The molecule has 3 heteroatoms. The van der Waals surface area contributed by atoms with Gasteiger partial charge in [0, 0.05) is 17.1 Å². The Balaban J connectivity index is 1.81. The predicted molar refractivity (Wildman–Crippen MR) is 102 cm³/mol. The van der Waals surface area contributed by atoms with E-state index in [4.69, 9.17) is 16.3 Å². The number of halogens is 1. The third-order valence-electron chi connectivity index (χ3n) is 3.93. The highest BCUT2D eigenvalue weighted by Crippen LogP contribution is 2.24. The molecule has 1 aliphatic heterocycles. The van der Waals surface area contributed by atoms with E-state index < -0.39 is 0 Å². The van der Waals surface area contributed by atoms with Gasteiger partial charge in [-0.25, -0.2) is 0 Å². The first kappa shape index (κ1) is 16.8. The summed E-state index contributed by atoms with van der Waals surface area (Å²) in [5.41, 5.74) is 4.49. The molecule has 0 aromatic heterocycles. The third-order valence-corrected chi connectivity index (χ3v) is 4.27. The molecule has 3 rings (SSSR count). The minimum absolute atomic E-state index is 0.525. The van der Waals surface area contributed by atoms with Crippen molar-refractivity contribution in [3.8, 4) is 5.75 Å². The van der Waals surface area contributed by atoms with Gasteiger partial charge in [-0.3, -0.25) is 4.99 Å². The normalized spacial score (nSPS) is 13.9. The third kappa shape index (κ3) is 4.07. The highest BCUT2D eigenvalue weighted by atomic mass is 35.5. The lowest BCUT2D eigenvalue weighted by atomic mass is 9.96. The molecule has 0 bridgehead atoms. The maximum absolute atomic E-state index is 6.22. The van der Waals surface area contributed by atoms with Crippen molar-refractivity contribution in [2.24, 2.45) is 10.9 Å². The molecule has 2 aromatic carbocycles. The summed E-state index contributed by atoms with van der Waals surface area (Å²) in [5.74, 6) is 1.47. The number of benzene rings is 2. The van der Waals surface area contributed by atoms with Crippen molar-refractivity contribution in [2.45, 2.75) is 20.3 Å². The Morgan fingerprint density at radius 1 is 1.17 bits per heavy atom. The van der Waals surface area contributed by atoms with Crippen LogP contribution in [0.2, 0.25) is 5.02 Å². The maximum atomic E-state index is 6.22. The zero-order chi connectivity index (χ0) is 16.9. The minimum atomic E-state index is 0.525. The largest absolute Gasteiger partial charge is 0.493 e. The number of hydrogen-bond acceptors (Lipinski definition) is 2. The average Bonchev–Trinajstić information content (AvgIpc) is 2.59. The second kappa shape index (κ2) is 7.67. The molecule has 2 nitrogen and oxygen atoms in total. The van der Waals surface area contributed by atoms with Crippen molar-refractivity contribution in [3.63, 3.8) is 0 Å². The van der Waals surface area contributed by atoms with Crippen LogP contribution in [0, 0.1) is 5.92 Å². The van der Waals surface area contributed by atoms with Crippen molar-refractivity contribution >= 4 is 23.4 Å². The highest BCUT2D eigenvalue weighted by Gasteiger charge is 2.13. The molecule has 0 saturated heterocycles. The molecule has 0 amide bonds. The van der Waals surface area contributed by atoms with E-state index in [0.29, 0.717) is 5.92 Å². The van der Waals surface area contributed by atoms with Crippen molar-refractivity contribution in [3.05, 3.63) is 70.3 Å². The second-order valence-electron chi connectivity index (χ2n) is 6.40. The summed E-state index contributed by atoms with van der Waals surface area (Å²) in [6.07, 6.45) is 5.03. The summed E-state index contributed by atoms with van der Waals surface area (Å²) in [4.78, 5) is 4.67. The van der Waals surface area contributed by atoms with Gasteiger partial charge in [0.15, 0.2) is 0 Å². The van der Waals surface area contributed by atoms with Gasteiger partial charge in [-0.05, 0) is 53.8 Å². The molecular formula is C21H22ClNO. The first-order valence-corrected chi connectivity index (χ1v) is 8.74. The molecule has 0 aliphatic carbocycles. The highest BCUT2D eigenvalue weighted by molar-refractivity contribution is 6.32. The molecule has 0 spiro atoms. The van der Waals surface area contributed by atoms with Gasteiger partial charge in [0.2, 0.25) is 0 Å². The lowest BCUT2D eigenvalue weighted by Crippen LogP contribution is -2.12. The number of ether oxygens (including phenoxy) is 1. The Kier molecular flexibility index (Phi) is 5.37. The fourth-order valence-electron chi connectivity index (χ4n) is 2.68. The van der Waals surface area contributed by atoms with Crippen LogP contribution in [-0.4, -0.2) is 18.9 Å². The molecule has 0 atom stereocenters. The Labute approximate surface area is 148 Å². The van der Waals surface area contributed by atoms with Crippen LogP contribution in [0.5, 0.6) is 5.75 Å². The van der Waals surface area contributed by atoms with E-state index in [-0.39, 0.29) is 0 Å².